The van der Waals surface area contributed by atoms with Gasteiger partial charge in [0.05, 0.1) is 50.7 Å². The predicted molar refractivity (Wildman–Crippen MR) is 235 cm³/mol. The molecule has 0 bridgehead atoms. The number of hydrogen-bond acceptors (Lipinski definition) is 16. The molecule has 0 unspecified atom stereocenters. The second kappa shape index (κ2) is 19.0. The number of fused-ring (bicyclic) bond motifs is 2. The van der Waals surface area contributed by atoms with Gasteiger partial charge in [-0.3, -0.25) is 9.13 Å². The highest BCUT2D eigenvalue weighted by Gasteiger charge is 2.21. The van der Waals surface area contributed by atoms with Gasteiger partial charge >= 0.3 is 19.1 Å². The molecule has 6 heterocycles. The Balaban J connectivity index is 0.000000168. The van der Waals surface area contributed by atoms with Crippen molar-refractivity contribution in [2.75, 3.05) is 28.4 Å². The number of methoxy groups -OCH3 is 4. The number of aliphatic hydroxyl groups is 2. The lowest BCUT2D eigenvalue weighted by Crippen LogP contribution is -2.32. The topological polar surface area (TPSA) is 231 Å². The number of pyridine rings is 2. The van der Waals surface area contributed by atoms with E-state index in [1.807, 2.05) is 69.8 Å². The highest BCUT2D eigenvalue weighted by atomic mass is 79.9. The molecular formula is C42H44BBrN10O8. The number of benzene rings is 2. The van der Waals surface area contributed by atoms with Gasteiger partial charge in [-0.2, -0.15) is 9.97 Å². The van der Waals surface area contributed by atoms with E-state index in [-0.39, 0.29) is 23.4 Å². The van der Waals surface area contributed by atoms with Crippen LogP contribution in [-0.2, 0) is 11.2 Å². The Morgan fingerprint density at radius 1 is 0.581 bits per heavy atom. The third-order valence-electron chi connectivity index (χ3n) is 9.23. The molecule has 0 saturated carbocycles. The Kier molecular flexibility index (Phi) is 13.8. The van der Waals surface area contributed by atoms with Crippen LogP contribution >= 0.6 is 15.9 Å². The maximum Gasteiger partial charge on any atom is 0.495 e. The quantitative estimate of drug-likeness (QED) is 0.136. The second-order valence-corrected chi connectivity index (χ2v) is 15.4. The minimum atomic E-state index is -1.65. The van der Waals surface area contributed by atoms with Crippen molar-refractivity contribution in [2.24, 2.45) is 0 Å². The molecule has 62 heavy (non-hydrogen) atoms. The first-order valence-corrected chi connectivity index (χ1v) is 19.6. The van der Waals surface area contributed by atoms with Crippen LogP contribution < -0.4 is 24.4 Å². The van der Waals surface area contributed by atoms with E-state index in [9.17, 15) is 10.2 Å². The minimum absolute atomic E-state index is 0.0850. The van der Waals surface area contributed by atoms with Crippen molar-refractivity contribution >= 4 is 50.8 Å². The first-order valence-electron chi connectivity index (χ1n) is 18.8. The summed E-state index contributed by atoms with van der Waals surface area (Å²) in [4.78, 5) is 33.7. The highest BCUT2D eigenvalue weighted by Crippen LogP contribution is 2.31. The molecule has 20 heteroatoms. The number of hydrogen-bond donors (Lipinski definition) is 4. The van der Waals surface area contributed by atoms with E-state index in [0.29, 0.717) is 22.6 Å². The standard InChI is InChI=1S/C21H21N5O3.C15H14BrN3O.C6H9BN2O4/c1-21(2,27)14-9-17-18(22-10-14)26(12-24-17)15-7-5-6-13(8-15)16-11-23-20(29-4)25-19(16)28-3;1-15(2,20)10-6-13-14(17-8-10)19(9-18-13)12-5-3-4-11(16)7-12;1-12-5-4(7(10)11)3-8-6(9-5)13-2/h5-12,27H,1-4H3;3-9,20H,1-2H3;3,10-11H,1-2H3. The molecule has 0 aliphatic rings. The van der Waals surface area contributed by atoms with Crippen LogP contribution in [0.5, 0.6) is 23.8 Å². The third kappa shape index (κ3) is 10.3. The molecule has 18 nitrogen and oxygen atoms in total. The molecule has 6 aromatic heterocycles. The lowest BCUT2D eigenvalue weighted by Gasteiger charge is -2.16. The van der Waals surface area contributed by atoms with Gasteiger partial charge in [-0.1, -0.05) is 34.1 Å². The lowest BCUT2D eigenvalue weighted by molar-refractivity contribution is 0.0778. The van der Waals surface area contributed by atoms with Crippen molar-refractivity contribution in [2.45, 2.75) is 38.9 Å². The Morgan fingerprint density at radius 3 is 1.56 bits per heavy atom. The van der Waals surface area contributed by atoms with Gasteiger partial charge in [-0.25, -0.2) is 29.9 Å². The Bertz CT molecular complexity index is 2810. The summed E-state index contributed by atoms with van der Waals surface area (Å²) in [5.74, 6) is 0.513. The molecular weight excluding hydrogens is 863 g/mol. The molecule has 0 atom stereocenters. The zero-order valence-corrected chi connectivity index (χ0v) is 36.7. The van der Waals surface area contributed by atoms with Gasteiger partial charge in [0.15, 0.2) is 11.3 Å². The summed E-state index contributed by atoms with van der Waals surface area (Å²) in [7, 11) is 4.19. The monoisotopic (exact) mass is 906 g/mol. The van der Waals surface area contributed by atoms with Crippen molar-refractivity contribution < 1.29 is 39.2 Å². The van der Waals surface area contributed by atoms with Crippen LogP contribution in [0.25, 0.3) is 44.8 Å². The molecule has 8 aromatic rings. The van der Waals surface area contributed by atoms with E-state index >= 15 is 0 Å². The van der Waals surface area contributed by atoms with E-state index in [1.165, 1.54) is 27.5 Å². The fourth-order valence-electron chi connectivity index (χ4n) is 5.90. The fourth-order valence-corrected chi connectivity index (χ4v) is 6.29. The van der Waals surface area contributed by atoms with Crippen LogP contribution in [0.4, 0.5) is 0 Å². The van der Waals surface area contributed by atoms with Crippen LogP contribution in [0.3, 0.4) is 0 Å². The molecule has 8 rings (SSSR count). The van der Waals surface area contributed by atoms with Crippen molar-refractivity contribution in [3.63, 3.8) is 0 Å². The van der Waals surface area contributed by atoms with Crippen LogP contribution in [0.2, 0.25) is 0 Å². The van der Waals surface area contributed by atoms with Gasteiger partial charge in [0, 0.05) is 51.8 Å². The number of nitrogens with zero attached hydrogens (tertiary/aromatic N) is 10. The molecule has 0 fully saturated rings. The van der Waals surface area contributed by atoms with E-state index in [1.54, 1.807) is 66.0 Å². The molecule has 4 N–H and O–H groups in total. The number of ether oxygens (including phenoxy) is 4. The summed E-state index contributed by atoms with van der Waals surface area (Å²) in [6.07, 6.45) is 9.72. The van der Waals surface area contributed by atoms with Crippen LogP contribution in [0.15, 0.2) is 103 Å². The smallest absolute Gasteiger partial charge is 0.481 e. The van der Waals surface area contributed by atoms with Crippen molar-refractivity contribution in [3.05, 3.63) is 114 Å². The number of imidazole rings is 2. The summed E-state index contributed by atoms with van der Waals surface area (Å²) in [6.45, 7) is 6.92. The van der Waals surface area contributed by atoms with E-state index in [4.69, 9.17) is 29.0 Å². The molecule has 0 radical (unpaired) electrons. The largest absolute Gasteiger partial charge is 0.495 e. The van der Waals surface area contributed by atoms with Crippen molar-refractivity contribution in [1.82, 2.24) is 49.0 Å². The van der Waals surface area contributed by atoms with Crippen LogP contribution in [0.1, 0.15) is 38.8 Å². The Labute approximate surface area is 365 Å². The van der Waals surface area contributed by atoms with Crippen LogP contribution in [0, 0.1) is 0 Å². The first-order chi connectivity index (χ1) is 29.5. The van der Waals surface area contributed by atoms with Gasteiger partial charge in [-0.15, -0.1) is 0 Å². The number of rotatable bonds is 10. The summed E-state index contributed by atoms with van der Waals surface area (Å²) >= 11 is 3.46. The molecule has 0 spiro atoms. The average Bonchev–Trinajstić information content (AvgIpc) is 3.90. The number of aromatic nitrogens is 10. The molecule has 0 aliphatic carbocycles. The summed E-state index contributed by atoms with van der Waals surface area (Å²) in [6, 6.07) is 19.9. The SMILES string of the molecule is CC(C)(O)c1cnc2c(c1)ncn2-c1cccc(Br)c1.COc1ncc(-c2cccc(-n3cnc4cc(C(C)(C)O)cnc43)c2)c(OC)n1.COc1ncc(B(O)O)c(OC)n1. The van der Waals surface area contributed by atoms with E-state index in [0.717, 1.165) is 43.7 Å². The summed E-state index contributed by atoms with van der Waals surface area (Å²) in [5.41, 5.74) is 6.13. The zero-order valence-electron chi connectivity index (χ0n) is 35.1. The normalized spacial score (nSPS) is 11.3. The maximum atomic E-state index is 10.2. The molecule has 2 aromatic carbocycles. The van der Waals surface area contributed by atoms with E-state index < -0.39 is 18.3 Å². The molecule has 320 valence electrons. The lowest BCUT2D eigenvalue weighted by atomic mass is 9.82. The average molecular weight is 908 g/mol. The third-order valence-corrected chi connectivity index (χ3v) is 9.72. The van der Waals surface area contributed by atoms with E-state index in [2.05, 4.69) is 55.8 Å². The molecule has 0 amide bonds. The Hall–Kier alpha value is -6.58. The first kappa shape index (κ1) is 45.0. The van der Waals surface area contributed by atoms with Crippen molar-refractivity contribution in [3.8, 4) is 46.3 Å². The zero-order chi connectivity index (χ0) is 44.8. The van der Waals surface area contributed by atoms with Gasteiger partial charge in [-0.05, 0) is 75.7 Å². The minimum Gasteiger partial charge on any atom is -0.481 e. The summed E-state index contributed by atoms with van der Waals surface area (Å²) < 4.78 is 24.8. The Morgan fingerprint density at radius 2 is 1.08 bits per heavy atom. The van der Waals surface area contributed by atoms with Gasteiger partial charge in [0.2, 0.25) is 11.8 Å². The molecule has 0 saturated heterocycles. The summed E-state index contributed by atoms with van der Waals surface area (Å²) in [5, 5.41) is 38.0. The fraction of sp³-hybridized carbons (Fsp3) is 0.238. The highest BCUT2D eigenvalue weighted by molar-refractivity contribution is 9.10. The molecule has 0 aliphatic heterocycles. The maximum absolute atomic E-state index is 10.2. The predicted octanol–water partition coefficient (Wildman–Crippen LogP) is 4.71. The second-order valence-electron chi connectivity index (χ2n) is 14.5. The van der Waals surface area contributed by atoms with Gasteiger partial charge < -0.3 is 39.2 Å². The van der Waals surface area contributed by atoms with Gasteiger partial charge in [0.25, 0.3) is 0 Å². The van der Waals surface area contributed by atoms with Gasteiger partial charge in [0.1, 0.15) is 23.7 Å². The number of halogens is 1. The van der Waals surface area contributed by atoms with Crippen molar-refractivity contribution in [1.29, 1.82) is 0 Å². The van der Waals surface area contributed by atoms with Crippen LogP contribution in [-0.4, -0.2) is 105 Å².